The summed E-state index contributed by atoms with van der Waals surface area (Å²) in [6, 6.07) is 6.49. The maximum Gasteiger partial charge on any atom is 0.337 e. The second kappa shape index (κ2) is 5.94. The topological polar surface area (TPSA) is 75.3 Å². The number of rotatable bonds is 3. The van der Waals surface area contributed by atoms with Crippen LogP contribution in [0.3, 0.4) is 0 Å². The standard InChI is InChI=1S/C20H24N2O2S/c1-20(2)7-6-16-15(10-20)17(19(23)24)18(25-16)13-5-3-4-11-8-12(22-21)9-14(11)13/h3-5,12,22H,6-10,21H2,1-2H3,(H,23,24)/t12-/m0/s1. The molecule has 132 valence electrons. The predicted molar refractivity (Wildman–Crippen MR) is 101 cm³/mol. The number of fused-ring (bicyclic) bond motifs is 2. The summed E-state index contributed by atoms with van der Waals surface area (Å²) in [7, 11) is 0. The molecule has 2 aromatic rings. The number of hydrogen-bond acceptors (Lipinski definition) is 4. The summed E-state index contributed by atoms with van der Waals surface area (Å²) in [6.45, 7) is 4.47. The van der Waals surface area contributed by atoms with E-state index in [9.17, 15) is 9.90 Å². The first-order valence-electron chi connectivity index (χ1n) is 8.85. The smallest absolute Gasteiger partial charge is 0.337 e. The van der Waals surface area contributed by atoms with Crippen molar-refractivity contribution in [2.75, 3.05) is 0 Å². The summed E-state index contributed by atoms with van der Waals surface area (Å²) >= 11 is 1.69. The first-order valence-corrected chi connectivity index (χ1v) is 9.66. The summed E-state index contributed by atoms with van der Waals surface area (Å²) in [4.78, 5) is 14.3. The van der Waals surface area contributed by atoms with Crippen LogP contribution in [-0.4, -0.2) is 17.1 Å². The lowest BCUT2D eigenvalue weighted by Crippen LogP contribution is -2.35. The lowest BCUT2D eigenvalue weighted by molar-refractivity contribution is 0.0696. The maximum absolute atomic E-state index is 12.1. The van der Waals surface area contributed by atoms with Gasteiger partial charge in [-0.25, -0.2) is 4.79 Å². The van der Waals surface area contributed by atoms with Crippen molar-refractivity contribution < 1.29 is 9.90 Å². The Morgan fingerprint density at radius 3 is 2.84 bits per heavy atom. The molecule has 0 unspecified atom stereocenters. The van der Waals surface area contributed by atoms with Crippen LogP contribution in [0.5, 0.6) is 0 Å². The van der Waals surface area contributed by atoms with E-state index in [0.29, 0.717) is 5.56 Å². The van der Waals surface area contributed by atoms with Crippen LogP contribution in [0, 0.1) is 5.41 Å². The zero-order valence-corrected chi connectivity index (χ0v) is 15.5. The van der Waals surface area contributed by atoms with E-state index in [-0.39, 0.29) is 11.5 Å². The molecule has 1 aromatic heterocycles. The van der Waals surface area contributed by atoms with Crippen molar-refractivity contribution in [1.29, 1.82) is 0 Å². The van der Waals surface area contributed by atoms with Gasteiger partial charge in [-0.05, 0) is 59.8 Å². The normalized spacial score (nSPS) is 21.0. The van der Waals surface area contributed by atoms with Gasteiger partial charge in [-0.15, -0.1) is 11.3 Å². The highest BCUT2D eigenvalue weighted by Gasteiger charge is 2.34. The monoisotopic (exact) mass is 356 g/mol. The zero-order chi connectivity index (χ0) is 17.8. The van der Waals surface area contributed by atoms with Gasteiger partial charge < -0.3 is 5.11 Å². The quantitative estimate of drug-likeness (QED) is 0.581. The van der Waals surface area contributed by atoms with Crippen molar-refractivity contribution in [1.82, 2.24) is 5.43 Å². The van der Waals surface area contributed by atoms with Crippen molar-refractivity contribution in [2.45, 2.75) is 52.0 Å². The highest BCUT2D eigenvalue weighted by Crippen LogP contribution is 2.46. The van der Waals surface area contributed by atoms with Crippen LogP contribution in [0.25, 0.3) is 10.4 Å². The van der Waals surface area contributed by atoms with Crippen LogP contribution in [0.4, 0.5) is 0 Å². The molecular weight excluding hydrogens is 332 g/mol. The molecule has 0 radical (unpaired) electrons. The minimum absolute atomic E-state index is 0.169. The number of nitrogens with one attached hydrogen (secondary N) is 1. The Kier molecular flexibility index (Phi) is 3.98. The van der Waals surface area contributed by atoms with Crippen molar-refractivity contribution in [3.05, 3.63) is 45.3 Å². The van der Waals surface area contributed by atoms with Gasteiger partial charge in [-0.2, -0.15) is 0 Å². The molecule has 0 saturated carbocycles. The molecule has 0 fully saturated rings. The minimum Gasteiger partial charge on any atom is -0.478 e. The van der Waals surface area contributed by atoms with E-state index in [1.807, 2.05) is 6.07 Å². The van der Waals surface area contributed by atoms with Crippen LogP contribution in [0.2, 0.25) is 0 Å². The summed E-state index contributed by atoms with van der Waals surface area (Å²) in [6.07, 6.45) is 4.71. The Bertz CT molecular complexity index is 854. The number of hydrogen-bond donors (Lipinski definition) is 3. The van der Waals surface area contributed by atoms with E-state index in [4.69, 9.17) is 5.84 Å². The molecule has 1 atom stereocenters. The Morgan fingerprint density at radius 2 is 2.12 bits per heavy atom. The number of carbonyl (C=O) groups is 1. The van der Waals surface area contributed by atoms with Crippen LogP contribution < -0.4 is 11.3 Å². The van der Waals surface area contributed by atoms with Gasteiger partial charge in [0.1, 0.15) is 0 Å². The molecule has 4 nitrogen and oxygen atoms in total. The SMILES string of the molecule is CC1(C)CCc2sc(-c3cccc4c3C[C@@H](NN)C4)c(C(=O)O)c2C1. The average molecular weight is 356 g/mol. The number of carboxylic acids is 1. The molecule has 2 aliphatic carbocycles. The highest BCUT2D eigenvalue weighted by atomic mass is 32.1. The molecule has 4 rings (SSSR count). The van der Waals surface area contributed by atoms with E-state index in [2.05, 4.69) is 31.4 Å². The van der Waals surface area contributed by atoms with Crippen molar-refractivity contribution >= 4 is 17.3 Å². The summed E-state index contributed by atoms with van der Waals surface area (Å²) < 4.78 is 0. The Balaban J connectivity index is 1.87. The van der Waals surface area contributed by atoms with Crippen molar-refractivity contribution in [3.8, 4) is 10.4 Å². The van der Waals surface area contributed by atoms with Gasteiger partial charge in [0.05, 0.1) is 5.56 Å². The van der Waals surface area contributed by atoms with Gasteiger partial charge >= 0.3 is 5.97 Å². The van der Waals surface area contributed by atoms with Gasteiger partial charge in [-0.1, -0.05) is 32.0 Å². The zero-order valence-electron chi connectivity index (χ0n) is 14.7. The third-order valence-corrected chi connectivity index (χ3v) is 6.98. The van der Waals surface area contributed by atoms with E-state index < -0.39 is 5.97 Å². The molecule has 1 aromatic carbocycles. The van der Waals surface area contributed by atoms with Gasteiger partial charge in [0.25, 0.3) is 0 Å². The average Bonchev–Trinajstić information content (AvgIpc) is 3.13. The molecule has 5 heteroatoms. The fourth-order valence-electron chi connectivity index (χ4n) is 4.32. The molecule has 4 N–H and O–H groups in total. The van der Waals surface area contributed by atoms with Crippen LogP contribution >= 0.6 is 11.3 Å². The number of benzene rings is 1. The van der Waals surface area contributed by atoms with Crippen LogP contribution in [0.1, 0.15) is 52.2 Å². The Morgan fingerprint density at radius 1 is 1.32 bits per heavy atom. The molecule has 0 amide bonds. The Hall–Kier alpha value is -1.69. The lowest BCUT2D eigenvalue weighted by atomic mass is 9.76. The number of aryl methyl sites for hydroxylation is 1. The van der Waals surface area contributed by atoms with Crippen LogP contribution in [-0.2, 0) is 25.7 Å². The van der Waals surface area contributed by atoms with Crippen molar-refractivity contribution in [3.63, 3.8) is 0 Å². The molecule has 0 spiro atoms. The number of hydrazine groups is 1. The molecule has 0 aliphatic heterocycles. The lowest BCUT2D eigenvalue weighted by Gasteiger charge is -2.29. The Labute approximate surface area is 152 Å². The highest BCUT2D eigenvalue weighted by molar-refractivity contribution is 7.16. The van der Waals surface area contributed by atoms with E-state index >= 15 is 0 Å². The summed E-state index contributed by atoms with van der Waals surface area (Å²) in [5.41, 5.74) is 8.26. The fraction of sp³-hybridized carbons (Fsp3) is 0.450. The molecular formula is C20H24N2O2S. The number of aromatic carboxylic acids is 1. The molecule has 2 aliphatic rings. The third-order valence-electron chi connectivity index (χ3n) is 5.66. The minimum atomic E-state index is -0.797. The molecule has 0 saturated heterocycles. The first kappa shape index (κ1) is 16.8. The maximum atomic E-state index is 12.1. The summed E-state index contributed by atoms with van der Waals surface area (Å²) in [5, 5.41) is 9.96. The number of carboxylic acid groups (broad SMARTS) is 1. The largest absolute Gasteiger partial charge is 0.478 e. The second-order valence-corrected chi connectivity index (χ2v) is 9.17. The van der Waals surface area contributed by atoms with Gasteiger partial charge in [-0.3, -0.25) is 11.3 Å². The van der Waals surface area contributed by atoms with Gasteiger partial charge in [0.15, 0.2) is 0 Å². The van der Waals surface area contributed by atoms with Gasteiger partial charge in [0.2, 0.25) is 0 Å². The first-order chi connectivity index (χ1) is 11.9. The van der Waals surface area contributed by atoms with Crippen LogP contribution in [0.15, 0.2) is 18.2 Å². The summed E-state index contributed by atoms with van der Waals surface area (Å²) in [5.74, 6) is 4.85. The van der Waals surface area contributed by atoms with Gasteiger partial charge in [0, 0.05) is 15.8 Å². The fourth-order valence-corrected chi connectivity index (χ4v) is 5.68. The second-order valence-electron chi connectivity index (χ2n) is 8.07. The number of thiophene rings is 1. The van der Waals surface area contributed by atoms with E-state index in [1.54, 1.807) is 11.3 Å². The molecule has 1 heterocycles. The number of nitrogens with two attached hydrogens (primary N) is 1. The van der Waals surface area contributed by atoms with Crippen molar-refractivity contribution in [2.24, 2.45) is 11.3 Å². The predicted octanol–water partition coefficient (Wildman–Crippen LogP) is 3.56. The van der Waals surface area contributed by atoms with E-state index in [0.717, 1.165) is 48.1 Å². The molecule has 0 bridgehead atoms. The van der Waals surface area contributed by atoms with E-state index in [1.165, 1.54) is 16.0 Å². The third kappa shape index (κ3) is 2.80. The molecule has 25 heavy (non-hydrogen) atoms.